The fourth-order valence-corrected chi connectivity index (χ4v) is 15.3. The van der Waals surface area contributed by atoms with Gasteiger partial charge in [0.2, 0.25) is 0 Å². The summed E-state index contributed by atoms with van der Waals surface area (Å²) in [6.45, 7) is 0. The SMILES string of the molecule is NC(=O)c1ccc2c(c1)C13CCCCI(CC4CC4)C(C2)C1CCC(=O)C3. The number of nitrogens with two attached hydrogens (primary N) is 1. The van der Waals surface area contributed by atoms with Crippen LogP contribution in [-0.2, 0) is 16.6 Å². The van der Waals surface area contributed by atoms with Gasteiger partial charge in [-0.15, -0.1) is 0 Å². The van der Waals surface area contributed by atoms with E-state index >= 15 is 0 Å². The molecule has 3 nitrogen and oxygen atoms in total. The van der Waals surface area contributed by atoms with Crippen LogP contribution in [0.4, 0.5) is 0 Å². The standard InChI is InChI=1S/C23H30INO2/c25-22(27)17-6-5-16-12-21-19-8-7-18(26)13-23(19,20(16)11-17)9-1-2-10-24(21)14-15-3-4-15/h5-6,11,15,19,21H,1-4,7-10,12-14H2,(H2,25,27). The Labute approximate surface area is 169 Å². The van der Waals surface area contributed by atoms with Crippen LogP contribution in [0.5, 0.6) is 0 Å². The van der Waals surface area contributed by atoms with Crippen molar-refractivity contribution < 1.29 is 9.59 Å². The molecule has 4 aliphatic rings. The van der Waals surface area contributed by atoms with Gasteiger partial charge in [-0.25, -0.2) is 0 Å². The molecule has 27 heavy (non-hydrogen) atoms. The molecule has 1 heterocycles. The van der Waals surface area contributed by atoms with Gasteiger partial charge in [0, 0.05) is 0 Å². The number of Topliss-reactive ketones (excluding diaryl/α,β-unsaturated/α-hetero) is 1. The van der Waals surface area contributed by atoms with Crippen LogP contribution in [-0.4, -0.2) is 24.5 Å². The van der Waals surface area contributed by atoms with Crippen molar-refractivity contribution in [3.8, 4) is 0 Å². The first-order valence-corrected chi connectivity index (χ1v) is 14.9. The molecule has 2 saturated carbocycles. The third kappa shape index (κ3) is 3.16. The molecule has 3 aliphatic carbocycles. The number of fused-ring (bicyclic) bond motifs is 1. The van der Waals surface area contributed by atoms with Gasteiger partial charge in [-0.2, -0.15) is 0 Å². The molecule has 3 atom stereocenters. The van der Waals surface area contributed by atoms with Crippen molar-refractivity contribution in [2.75, 3.05) is 8.86 Å². The number of hydrogen-bond donors (Lipinski definition) is 1. The van der Waals surface area contributed by atoms with Gasteiger partial charge in [-0.3, -0.25) is 0 Å². The van der Waals surface area contributed by atoms with E-state index in [1.165, 1.54) is 47.7 Å². The fraction of sp³-hybridized carbons (Fsp3) is 0.652. The van der Waals surface area contributed by atoms with E-state index in [1.54, 1.807) is 4.43 Å². The van der Waals surface area contributed by atoms with Crippen LogP contribution in [0.2, 0.25) is 0 Å². The molecule has 0 aromatic heterocycles. The number of rotatable bonds is 3. The second-order valence-corrected chi connectivity index (χ2v) is 15.6. The van der Waals surface area contributed by atoms with Gasteiger partial charge in [-0.05, 0) is 0 Å². The first kappa shape index (κ1) is 18.1. The Morgan fingerprint density at radius 3 is 2.85 bits per heavy atom. The van der Waals surface area contributed by atoms with Crippen molar-refractivity contribution in [1.29, 1.82) is 0 Å². The predicted molar refractivity (Wildman–Crippen MR) is 117 cm³/mol. The molecule has 0 spiro atoms. The van der Waals surface area contributed by atoms with Crippen molar-refractivity contribution in [2.24, 2.45) is 17.6 Å². The second-order valence-electron chi connectivity index (χ2n) is 9.21. The first-order valence-electron chi connectivity index (χ1n) is 10.6. The summed E-state index contributed by atoms with van der Waals surface area (Å²) in [6, 6.07) is 6.16. The monoisotopic (exact) mass is 479 g/mol. The maximum absolute atomic E-state index is 12.6. The Morgan fingerprint density at radius 2 is 2.07 bits per heavy atom. The van der Waals surface area contributed by atoms with Gasteiger partial charge in [0.15, 0.2) is 0 Å². The predicted octanol–water partition coefficient (Wildman–Crippen LogP) is 4.42. The summed E-state index contributed by atoms with van der Waals surface area (Å²) in [7, 11) is 0. The van der Waals surface area contributed by atoms with Crippen LogP contribution < -0.4 is 5.73 Å². The summed E-state index contributed by atoms with van der Waals surface area (Å²) in [5.41, 5.74) is 8.97. The number of ketones is 1. The molecule has 1 amide bonds. The van der Waals surface area contributed by atoms with Crippen LogP contribution in [0.25, 0.3) is 0 Å². The number of carbonyl (C=O) groups excluding carboxylic acids is 2. The molecule has 1 aliphatic heterocycles. The summed E-state index contributed by atoms with van der Waals surface area (Å²) >= 11 is -1.02. The normalized spacial score (nSPS) is 34.2. The van der Waals surface area contributed by atoms with E-state index in [4.69, 9.17) is 5.73 Å². The van der Waals surface area contributed by atoms with Gasteiger partial charge >= 0.3 is 170 Å². The molecule has 4 heteroatoms. The van der Waals surface area contributed by atoms with Crippen LogP contribution in [0.3, 0.4) is 0 Å². The second kappa shape index (κ2) is 6.85. The van der Waals surface area contributed by atoms with E-state index in [1.807, 2.05) is 6.07 Å². The molecule has 2 bridgehead atoms. The van der Waals surface area contributed by atoms with Gasteiger partial charge in [0.25, 0.3) is 0 Å². The average Bonchev–Trinajstić information content (AvgIpc) is 3.46. The third-order valence-corrected chi connectivity index (χ3v) is 15.6. The van der Waals surface area contributed by atoms with Gasteiger partial charge < -0.3 is 0 Å². The molecule has 3 fully saturated rings. The van der Waals surface area contributed by atoms with Gasteiger partial charge in [-0.1, -0.05) is 0 Å². The summed E-state index contributed by atoms with van der Waals surface area (Å²) in [5, 5.41) is 0. The summed E-state index contributed by atoms with van der Waals surface area (Å²) < 4.78 is 3.96. The van der Waals surface area contributed by atoms with E-state index in [-0.39, 0.29) is 11.3 Å². The minimum absolute atomic E-state index is 0.00125. The zero-order chi connectivity index (χ0) is 18.6. The van der Waals surface area contributed by atoms with Crippen molar-refractivity contribution in [2.45, 2.75) is 67.1 Å². The maximum atomic E-state index is 12.6. The average molecular weight is 479 g/mol. The van der Waals surface area contributed by atoms with E-state index in [9.17, 15) is 9.59 Å². The molecule has 1 saturated heterocycles. The molecule has 1 aromatic rings. The number of halogens is 1. The molecule has 5 rings (SSSR count). The van der Waals surface area contributed by atoms with Crippen LogP contribution >= 0.6 is 19.8 Å². The van der Waals surface area contributed by atoms with Crippen LogP contribution in [0, 0.1) is 11.8 Å². The quantitative estimate of drug-likeness (QED) is 0.516. The van der Waals surface area contributed by atoms with E-state index < -0.39 is 19.8 Å². The summed E-state index contributed by atoms with van der Waals surface area (Å²) in [4.78, 5) is 24.5. The Morgan fingerprint density at radius 1 is 1.22 bits per heavy atom. The molecule has 3 unspecified atom stereocenters. The third-order valence-electron chi connectivity index (χ3n) is 7.50. The molecule has 2 N–H and O–H groups in total. The van der Waals surface area contributed by atoms with E-state index in [0.717, 1.165) is 29.1 Å². The van der Waals surface area contributed by atoms with Crippen molar-refractivity contribution in [1.82, 2.24) is 0 Å². The molecule has 1 aromatic carbocycles. The summed E-state index contributed by atoms with van der Waals surface area (Å²) in [5.74, 6) is 1.80. The number of benzene rings is 1. The number of carbonyl (C=O) groups is 2. The number of alkyl halides is 3. The van der Waals surface area contributed by atoms with Gasteiger partial charge in [0.1, 0.15) is 0 Å². The number of amides is 1. The minimum atomic E-state index is -1.02. The summed E-state index contributed by atoms with van der Waals surface area (Å²) in [6.07, 6.45) is 10.4. The molecule has 0 radical (unpaired) electrons. The zero-order valence-electron chi connectivity index (χ0n) is 16.0. The topological polar surface area (TPSA) is 60.2 Å². The van der Waals surface area contributed by atoms with Crippen molar-refractivity contribution in [3.05, 3.63) is 34.9 Å². The van der Waals surface area contributed by atoms with E-state index in [0.29, 0.717) is 23.7 Å². The van der Waals surface area contributed by atoms with E-state index in [2.05, 4.69) is 12.1 Å². The Hall–Kier alpha value is -0.910. The Balaban J connectivity index is 1.63. The van der Waals surface area contributed by atoms with Crippen molar-refractivity contribution in [3.63, 3.8) is 0 Å². The number of primary amides is 1. The van der Waals surface area contributed by atoms with Crippen molar-refractivity contribution >= 4 is 31.5 Å². The molecular weight excluding hydrogens is 449 g/mol. The zero-order valence-corrected chi connectivity index (χ0v) is 18.2. The van der Waals surface area contributed by atoms with Gasteiger partial charge in [0.05, 0.1) is 0 Å². The Bertz CT molecular complexity index is 787. The first-order chi connectivity index (χ1) is 13.1. The fourth-order valence-electron chi connectivity index (χ4n) is 6.03. The molecular formula is C23H30INO2. The van der Waals surface area contributed by atoms with Crippen LogP contribution in [0.1, 0.15) is 72.9 Å². The molecule has 146 valence electrons. The Kier molecular flexibility index (Phi) is 4.60. The van der Waals surface area contributed by atoms with Crippen LogP contribution in [0.15, 0.2) is 18.2 Å². The number of hydrogen-bond acceptors (Lipinski definition) is 2.